The second-order valence-corrected chi connectivity index (χ2v) is 8.79. The van der Waals surface area contributed by atoms with E-state index < -0.39 is 5.97 Å². The van der Waals surface area contributed by atoms with Crippen LogP contribution in [0.15, 0.2) is 60.7 Å². The number of carbonyl (C=O) groups excluding carboxylic acids is 2. The van der Waals surface area contributed by atoms with Crippen molar-refractivity contribution in [2.24, 2.45) is 0 Å². The van der Waals surface area contributed by atoms with E-state index in [0.717, 1.165) is 28.9 Å². The number of nitrogens with zero attached hydrogens (tertiary/aromatic N) is 1. The predicted molar refractivity (Wildman–Crippen MR) is 142 cm³/mol. The monoisotopic (exact) mass is 489 g/mol. The fourth-order valence-corrected chi connectivity index (χ4v) is 4.10. The van der Waals surface area contributed by atoms with E-state index in [9.17, 15) is 9.59 Å². The summed E-state index contributed by atoms with van der Waals surface area (Å²) in [5, 5.41) is 0. The minimum Gasteiger partial charge on any atom is -0.496 e. The highest BCUT2D eigenvalue weighted by Gasteiger charge is 2.23. The van der Waals surface area contributed by atoms with Gasteiger partial charge >= 0.3 is 5.97 Å². The van der Waals surface area contributed by atoms with Crippen molar-refractivity contribution >= 4 is 17.6 Å². The molecule has 0 fully saturated rings. The fourth-order valence-electron chi connectivity index (χ4n) is 4.10. The summed E-state index contributed by atoms with van der Waals surface area (Å²) in [7, 11) is 1.67. The maximum Gasteiger partial charge on any atom is 0.326 e. The van der Waals surface area contributed by atoms with Crippen LogP contribution in [0.1, 0.15) is 60.2 Å². The Hall–Kier alpha value is -3.80. The van der Waals surface area contributed by atoms with E-state index in [1.165, 1.54) is 4.90 Å². The number of hydrogen-bond acceptors (Lipinski definition) is 5. The zero-order valence-corrected chi connectivity index (χ0v) is 22.0. The number of hydrogen-bond donors (Lipinski definition) is 0. The Morgan fingerprint density at radius 3 is 2.19 bits per heavy atom. The first-order chi connectivity index (χ1) is 17.3. The van der Waals surface area contributed by atoms with Crippen LogP contribution in [0.2, 0.25) is 0 Å². The summed E-state index contributed by atoms with van der Waals surface area (Å²) in [6, 6.07) is 18.5. The van der Waals surface area contributed by atoms with Crippen LogP contribution < -0.4 is 14.4 Å². The van der Waals surface area contributed by atoms with Gasteiger partial charge in [0.2, 0.25) is 0 Å². The van der Waals surface area contributed by atoms with Crippen molar-refractivity contribution in [3.63, 3.8) is 0 Å². The summed E-state index contributed by atoms with van der Waals surface area (Å²) >= 11 is 0. The largest absolute Gasteiger partial charge is 0.496 e. The zero-order chi connectivity index (χ0) is 26.2. The van der Waals surface area contributed by atoms with Crippen LogP contribution >= 0.6 is 0 Å². The molecule has 0 aromatic heterocycles. The molecular weight excluding hydrogens is 454 g/mol. The lowest BCUT2D eigenvalue weighted by molar-refractivity contribution is -0.141. The first kappa shape index (κ1) is 26.8. The smallest absolute Gasteiger partial charge is 0.326 e. The van der Waals surface area contributed by atoms with Gasteiger partial charge in [-0.15, -0.1) is 0 Å². The number of carbonyl (C=O) groups is 2. The molecule has 0 aliphatic carbocycles. The van der Waals surface area contributed by atoms with Crippen molar-refractivity contribution in [2.75, 3.05) is 25.2 Å². The molecule has 3 aromatic carbocycles. The van der Waals surface area contributed by atoms with Gasteiger partial charge in [-0.1, -0.05) is 32.0 Å². The number of methoxy groups -OCH3 is 1. The average molecular weight is 490 g/mol. The van der Waals surface area contributed by atoms with Crippen molar-refractivity contribution in [2.45, 2.75) is 47.0 Å². The Morgan fingerprint density at radius 1 is 0.944 bits per heavy atom. The minimum atomic E-state index is -0.465. The molecule has 3 rings (SSSR count). The molecule has 3 aromatic rings. The van der Waals surface area contributed by atoms with Crippen molar-refractivity contribution in [1.82, 2.24) is 0 Å². The Bertz CT molecular complexity index is 1180. The topological polar surface area (TPSA) is 65.1 Å². The van der Waals surface area contributed by atoms with Gasteiger partial charge in [-0.25, -0.2) is 0 Å². The van der Waals surface area contributed by atoms with E-state index in [1.54, 1.807) is 38.3 Å². The molecule has 1 amide bonds. The van der Waals surface area contributed by atoms with Gasteiger partial charge in [0, 0.05) is 16.8 Å². The summed E-state index contributed by atoms with van der Waals surface area (Å²) in [6.07, 6.45) is 0.984. The second kappa shape index (κ2) is 12.2. The Labute approximate surface area is 213 Å². The molecule has 0 aliphatic rings. The predicted octanol–water partition coefficient (Wildman–Crippen LogP) is 6.83. The molecule has 6 heteroatoms. The number of esters is 1. The third kappa shape index (κ3) is 6.25. The zero-order valence-electron chi connectivity index (χ0n) is 22.0. The maximum absolute atomic E-state index is 13.3. The van der Waals surface area contributed by atoms with Crippen LogP contribution in [0.3, 0.4) is 0 Å². The highest BCUT2D eigenvalue weighted by Crippen LogP contribution is 2.37. The third-order valence-electron chi connectivity index (χ3n) is 6.18. The van der Waals surface area contributed by atoms with Crippen LogP contribution in [-0.4, -0.2) is 32.1 Å². The molecule has 0 N–H and O–H groups in total. The van der Waals surface area contributed by atoms with Crippen molar-refractivity contribution in [1.29, 1.82) is 0 Å². The highest BCUT2D eigenvalue weighted by molar-refractivity contribution is 6.08. The van der Waals surface area contributed by atoms with Crippen LogP contribution in [0.4, 0.5) is 5.69 Å². The first-order valence-corrected chi connectivity index (χ1v) is 12.3. The van der Waals surface area contributed by atoms with Gasteiger partial charge in [-0.2, -0.15) is 0 Å². The number of anilines is 1. The average Bonchev–Trinajstić information content (AvgIpc) is 2.89. The lowest BCUT2D eigenvalue weighted by Crippen LogP contribution is -2.36. The van der Waals surface area contributed by atoms with E-state index in [4.69, 9.17) is 14.2 Å². The molecule has 36 heavy (non-hydrogen) atoms. The molecule has 0 aliphatic heterocycles. The minimum absolute atomic E-state index is 0.183. The van der Waals surface area contributed by atoms with Crippen LogP contribution in [0, 0.1) is 13.8 Å². The quantitative estimate of drug-likeness (QED) is 0.292. The molecule has 1 unspecified atom stereocenters. The molecule has 0 heterocycles. The SMILES string of the molecule is CCOC(=O)CN(C(=O)c1ccccc1)c1cc(C)c(Oc2ccc(OC)c(C(C)CC)c2)c(C)c1. The second-order valence-electron chi connectivity index (χ2n) is 8.79. The van der Waals surface area contributed by atoms with Gasteiger partial charge < -0.3 is 14.2 Å². The Balaban J connectivity index is 1.96. The number of amides is 1. The summed E-state index contributed by atoms with van der Waals surface area (Å²) in [5.74, 6) is 1.86. The van der Waals surface area contributed by atoms with Gasteiger partial charge in [0.15, 0.2) is 0 Å². The molecule has 0 radical (unpaired) electrons. The number of ether oxygens (including phenoxy) is 3. The Morgan fingerprint density at radius 2 is 1.61 bits per heavy atom. The lowest BCUT2D eigenvalue weighted by atomic mass is 9.97. The van der Waals surface area contributed by atoms with Crippen molar-refractivity contribution in [3.05, 3.63) is 82.9 Å². The molecule has 190 valence electrons. The Kier molecular flexibility index (Phi) is 9.12. The van der Waals surface area contributed by atoms with Gasteiger partial charge in [-0.05, 0) is 86.7 Å². The number of benzene rings is 3. The molecule has 1 atom stereocenters. The fraction of sp³-hybridized carbons (Fsp3) is 0.333. The van der Waals surface area contributed by atoms with E-state index in [-0.39, 0.29) is 19.1 Å². The summed E-state index contributed by atoms with van der Waals surface area (Å²) in [6.45, 7) is 9.97. The van der Waals surface area contributed by atoms with E-state index in [0.29, 0.717) is 28.7 Å². The lowest BCUT2D eigenvalue weighted by Gasteiger charge is -2.24. The van der Waals surface area contributed by atoms with E-state index >= 15 is 0 Å². The first-order valence-electron chi connectivity index (χ1n) is 12.3. The van der Waals surface area contributed by atoms with Gasteiger partial charge in [0.05, 0.1) is 13.7 Å². The number of rotatable bonds is 10. The van der Waals surface area contributed by atoms with Gasteiger partial charge in [-0.3, -0.25) is 14.5 Å². The maximum atomic E-state index is 13.3. The summed E-state index contributed by atoms with van der Waals surface area (Å²) < 4.78 is 17.0. The third-order valence-corrected chi connectivity index (χ3v) is 6.18. The standard InChI is InChI=1S/C30H35NO5/c1-7-20(3)26-18-25(14-15-27(26)34-6)36-29-21(4)16-24(17-22(29)5)31(19-28(32)35-8-2)30(33)23-12-10-9-11-13-23/h9-18,20H,7-8,19H2,1-6H3. The molecule has 0 saturated carbocycles. The van der Waals surface area contributed by atoms with Crippen molar-refractivity contribution in [3.8, 4) is 17.2 Å². The normalized spacial score (nSPS) is 11.5. The molecule has 0 saturated heterocycles. The van der Waals surface area contributed by atoms with Gasteiger partial charge in [0.25, 0.3) is 5.91 Å². The molecule has 6 nitrogen and oxygen atoms in total. The summed E-state index contributed by atoms with van der Waals surface area (Å²) in [4.78, 5) is 27.2. The van der Waals surface area contributed by atoms with E-state index in [2.05, 4.69) is 13.8 Å². The molecular formula is C30H35NO5. The van der Waals surface area contributed by atoms with Crippen LogP contribution in [0.5, 0.6) is 17.2 Å². The van der Waals surface area contributed by atoms with Crippen LogP contribution in [-0.2, 0) is 9.53 Å². The van der Waals surface area contributed by atoms with Crippen molar-refractivity contribution < 1.29 is 23.8 Å². The number of aryl methyl sites for hydroxylation is 2. The van der Waals surface area contributed by atoms with E-state index in [1.807, 2.05) is 50.2 Å². The summed E-state index contributed by atoms with van der Waals surface area (Å²) in [5.41, 5.74) is 3.89. The molecule has 0 spiro atoms. The van der Waals surface area contributed by atoms with Gasteiger partial charge in [0.1, 0.15) is 23.8 Å². The molecule has 0 bridgehead atoms. The highest BCUT2D eigenvalue weighted by atomic mass is 16.5. The van der Waals surface area contributed by atoms with Crippen LogP contribution in [0.25, 0.3) is 0 Å².